The zero-order valence-electron chi connectivity index (χ0n) is 11.9. The number of benzene rings is 2. The highest BCUT2D eigenvalue weighted by Gasteiger charge is 2.30. The van der Waals surface area contributed by atoms with Crippen LogP contribution < -0.4 is 5.32 Å². The highest BCUT2D eigenvalue weighted by atomic mass is 79.9. The Kier molecular flexibility index (Phi) is 3.98. The van der Waals surface area contributed by atoms with Gasteiger partial charge in [-0.05, 0) is 61.1 Å². The number of hydrogen-bond donors (Lipinski definition) is 1. The molecule has 0 unspecified atom stereocenters. The van der Waals surface area contributed by atoms with Crippen molar-refractivity contribution < 1.29 is 0 Å². The Morgan fingerprint density at radius 2 is 2.00 bits per heavy atom. The van der Waals surface area contributed by atoms with E-state index in [4.69, 9.17) is 5.26 Å². The van der Waals surface area contributed by atoms with Crippen molar-refractivity contribution in [1.29, 1.82) is 5.26 Å². The van der Waals surface area contributed by atoms with Gasteiger partial charge < -0.3 is 5.32 Å². The molecule has 0 atom stereocenters. The van der Waals surface area contributed by atoms with Crippen LogP contribution in [0.5, 0.6) is 0 Å². The summed E-state index contributed by atoms with van der Waals surface area (Å²) in [5.41, 5.74) is 4.41. The Morgan fingerprint density at radius 3 is 2.71 bits per heavy atom. The molecule has 0 bridgehead atoms. The van der Waals surface area contributed by atoms with Crippen molar-refractivity contribution in [1.82, 2.24) is 0 Å². The molecule has 1 aliphatic rings. The lowest BCUT2D eigenvalue weighted by Gasteiger charge is -2.37. The van der Waals surface area contributed by atoms with Crippen molar-refractivity contribution in [3.05, 3.63) is 63.6 Å². The van der Waals surface area contributed by atoms with Gasteiger partial charge in [-0.2, -0.15) is 5.26 Å². The van der Waals surface area contributed by atoms with E-state index in [1.165, 1.54) is 11.1 Å². The molecule has 1 N–H and O–H groups in total. The molecule has 2 aromatic rings. The third-order valence-electron chi connectivity index (χ3n) is 4.18. The topological polar surface area (TPSA) is 35.8 Å². The zero-order valence-corrected chi connectivity index (χ0v) is 13.5. The van der Waals surface area contributed by atoms with Crippen LogP contribution in [0.4, 0.5) is 5.69 Å². The van der Waals surface area contributed by atoms with E-state index in [1.54, 1.807) is 0 Å². The average molecular weight is 341 g/mol. The van der Waals surface area contributed by atoms with Crippen molar-refractivity contribution in [2.75, 3.05) is 5.32 Å². The summed E-state index contributed by atoms with van der Waals surface area (Å²) < 4.78 is 1.15. The lowest BCUT2D eigenvalue weighted by atomic mass is 9.76. The van der Waals surface area contributed by atoms with Crippen LogP contribution in [-0.2, 0) is 0 Å². The van der Waals surface area contributed by atoms with Gasteiger partial charge in [-0.1, -0.05) is 34.1 Å². The Bertz CT molecular complexity index is 697. The molecule has 0 heterocycles. The molecule has 2 aromatic carbocycles. The third-order valence-corrected chi connectivity index (χ3v) is 4.68. The second kappa shape index (κ2) is 5.91. The monoisotopic (exact) mass is 340 g/mol. The number of rotatable bonds is 3. The molecule has 0 amide bonds. The number of nitriles is 1. The van der Waals surface area contributed by atoms with Crippen LogP contribution >= 0.6 is 15.9 Å². The van der Waals surface area contributed by atoms with Gasteiger partial charge in [-0.3, -0.25) is 0 Å². The van der Waals surface area contributed by atoms with Gasteiger partial charge in [-0.25, -0.2) is 0 Å². The summed E-state index contributed by atoms with van der Waals surface area (Å²) >= 11 is 3.53. The Labute approximate surface area is 133 Å². The Morgan fingerprint density at radius 1 is 1.19 bits per heavy atom. The molecule has 3 heteroatoms. The molecule has 1 saturated carbocycles. The third kappa shape index (κ3) is 3.11. The van der Waals surface area contributed by atoms with E-state index in [9.17, 15) is 0 Å². The molecule has 0 saturated heterocycles. The van der Waals surface area contributed by atoms with Crippen LogP contribution in [0.1, 0.15) is 35.4 Å². The van der Waals surface area contributed by atoms with Crippen LogP contribution in [0.3, 0.4) is 0 Å². The number of anilines is 1. The summed E-state index contributed by atoms with van der Waals surface area (Å²) in [6.07, 6.45) is 2.29. The van der Waals surface area contributed by atoms with Crippen LogP contribution in [0.15, 0.2) is 46.9 Å². The lowest BCUT2D eigenvalue weighted by molar-refractivity contribution is 0.374. The van der Waals surface area contributed by atoms with E-state index in [0.717, 1.165) is 23.0 Å². The Balaban J connectivity index is 1.64. The summed E-state index contributed by atoms with van der Waals surface area (Å²) in [4.78, 5) is 0. The van der Waals surface area contributed by atoms with Gasteiger partial charge in [-0.15, -0.1) is 0 Å². The molecule has 0 aliphatic heterocycles. The van der Waals surface area contributed by atoms with Crippen molar-refractivity contribution in [3.63, 3.8) is 0 Å². The van der Waals surface area contributed by atoms with Gasteiger partial charge in [0.1, 0.15) is 0 Å². The quantitative estimate of drug-likeness (QED) is 0.854. The number of halogens is 1. The molecule has 21 heavy (non-hydrogen) atoms. The van der Waals surface area contributed by atoms with E-state index < -0.39 is 0 Å². The van der Waals surface area contributed by atoms with Crippen molar-refractivity contribution in [2.24, 2.45) is 0 Å². The summed E-state index contributed by atoms with van der Waals surface area (Å²) in [5.74, 6) is 0.638. The highest BCUT2D eigenvalue weighted by Crippen LogP contribution is 2.39. The second-order valence-corrected chi connectivity index (χ2v) is 6.62. The predicted octanol–water partition coefficient (Wildman–Crippen LogP) is 4.99. The van der Waals surface area contributed by atoms with Crippen LogP contribution in [0.25, 0.3) is 0 Å². The second-order valence-electron chi connectivity index (χ2n) is 5.71. The minimum atomic E-state index is 0.502. The molecule has 106 valence electrons. The SMILES string of the molecule is Cc1ccc(C#N)cc1NC1CC(c2cccc(Br)c2)C1. The first kappa shape index (κ1) is 14.2. The zero-order chi connectivity index (χ0) is 14.8. The molecule has 0 spiro atoms. The lowest BCUT2D eigenvalue weighted by Crippen LogP contribution is -2.34. The smallest absolute Gasteiger partial charge is 0.0992 e. The fraction of sp³-hybridized carbons (Fsp3) is 0.278. The minimum absolute atomic E-state index is 0.502. The maximum absolute atomic E-state index is 8.99. The summed E-state index contributed by atoms with van der Waals surface area (Å²) in [6, 6.07) is 17.1. The number of nitrogens with zero attached hydrogens (tertiary/aromatic N) is 1. The van der Waals surface area contributed by atoms with Gasteiger partial charge in [0.2, 0.25) is 0 Å². The van der Waals surface area contributed by atoms with Gasteiger partial charge in [0.05, 0.1) is 11.6 Å². The number of hydrogen-bond acceptors (Lipinski definition) is 2. The van der Waals surface area contributed by atoms with E-state index in [2.05, 4.69) is 58.5 Å². The normalized spacial score (nSPS) is 20.4. The first-order chi connectivity index (χ1) is 10.2. The first-order valence-corrected chi connectivity index (χ1v) is 7.98. The van der Waals surface area contributed by atoms with Crippen LogP contribution in [0, 0.1) is 18.3 Å². The van der Waals surface area contributed by atoms with Gasteiger partial charge in [0, 0.05) is 16.2 Å². The van der Waals surface area contributed by atoms with Crippen molar-refractivity contribution in [3.8, 4) is 6.07 Å². The minimum Gasteiger partial charge on any atom is -0.382 e. The average Bonchev–Trinajstić information content (AvgIpc) is 2.44. The number of nitrogens with one attached hydrogen (secondary N) is 1. The van der Waals surface area contributed by atoms with Gasteiger partial charge >= 0.3 is 0 Å². The molecule has 1 fully saturated rings. The Hall–Kier alpha value is -1.79. The maximum Gasteiger partial charge on any atom is 0.0992 e. The molecule has 0 aromatic heterocycles. The molecular formula is C18H17BrN2. The van der Waals surface area contributed by atoms with E-state index in [-0.39, 0.29) is 0 Å². The van der Waals surface area contributed by atoms with E-state index in [0.29, 0.717) is 17.5 Å². The van der Waals surface area contributed by atoms with Crippen LogP contribution in [-0.4, -0.2) is 6.04 Å². The molecule has 1 aliphatic carbocycles. The van der Waals surface area contributed by atoms with Crippen molar-refractivity contribution >= 4 is 21.6 Å². The molecule has 0 radical (unpaired) electrons. The summed E-state index contributed by atoms with van der Waals surface area (Å²) in [5, 5.41) is 12.6. The standard InChI is InChI=1S/C18H17BrN2/c1-12-5-6-13(11-20)7-18(12)21-17-9-15(10-17)14-3-2-4-16(19)8-14/h2-8,15,17,21H,9-10H2,1H3. The largest absolute Gasteiger partial charge is 0.382 e. The van der Waals surface area contributed by atoms with Crippen molar-refractivity contribution in [2.45, 2.75) is 31.7 Å². The van der Waals surface area contributed by atoms with Crippen LogP contribution in [0.2, 0.25) is 0 Å². The number of aryl methyl sites for hydroxylation is 1. The summed E-state index contributed by atoms with van der Waals surface area (Å²) in [6.45, 7) is 2.08. The highest BCUT2D eigenvalue weighted by molar-refractivity contribution is 9.10. The molecule has 2 nitrogen and oxygen atoms in total. The fourth-order valence-electron chi connectivity index (χ4n) is 2.84. The van der Waals surface area contributed by atoms with Gasteiger partial charge in [0.25, 0.3) is 0 Å². The van der Waals surface area contributed by atoms with E-state index in [1.807, 2.05) is 18.2 Å². The molecular weight excluding hydrogens is 324 g/mol. The maximum atomic E-state index is 8.99. The predicted molar refractivity (Wildman–Crippen MR) is 89.4 cm³/mol. The molecule has 3 rings (SSSR count). The first-order valence-electron chi connectivity index (χ1n) is 7.18. The van der Waals surface area contributed by atoms with Gasteiger partial charge in [0.15, 0.2) is 0 Å². The van der Waals surface area contributed by atoms with E-state index >= 15 is 0 Å². The summed E-state index contributed by atoms with van der Waals surface area (Å²) in [7, 11) is 0. The fourth-order valence-corrected chi connectivity index (χ4v) is 3.25.